The summed E-state index contributed by atoms with van der Waals surface area (Å²) in [5, 5.41) is 2.58. The van der Waals surface area contributed by atoms with Crippen LogP contribution in [0.1, 0.15) is 20.3 Å². The van der Waals surface area contributed by atoms with Crippen LogP contribution in [-0.4, -0.2) is 25.3 Å². The molecule has 1 N–H and O–H groups in total. The molecule has 0 aliphatic carbocycles. The Morgan fingerprint density at radius 3 is 2.48 bits per heavy atom. The average molecular weight is 342 g/mol. The Bertz CT molecular complexity index is 704. The van der Waals surface area contributed by atoms with Gasteiger partial charge in [0.1, 0.15) is 5.75 Å². The molecule has 6 heteroatoms. The highest BCUT2D eigenvalue weighted by molar-refractivity contribution is 5.89. The molecule has 132 valence electrons. The van der Waals surface area contributed by atoms with Gasteiger partial charge >= 0.3 is 12.2 Å². The van der Waals surface area contributed by atoms with Crippen molar-refractivity contribution in [3.05, 3.63) is 54.6 Å². The molecule has 0 spiro atoms. The minimum atomic E-state index is -0.553. The molecule has 0 radical (unpaired) electrons. The van der Waals surface area contributed by atoms with Crippen LogP contribution in [0.15, 0.2) is 54.6 Å². The second kappa shape index (κ2) is 9.32. The predicted octanol–water partition coefficient (Wildman–Crippen LogP) is 4.67. The van der Waals surface area contributed by atoms with Crippen molar-refractivity contribution in [3.63, 3.8) is 0 Å². The van der Waals surface area contributed by atoms with E-state index in [4.69, 9.17) is 9.47 Å². The Hall–Kier alpha value is -3.02. The molecule has 0 heterocycles. The lowest BCUT2D eigenvalue weighted by molar-refractivity contribution is 0.168. The summed E-state index contributed by atoms with van der Waals surface area (Å²) in [6.45, 7) is 4.55. The maximum atomic E-state index is 12.5. The average Bonchev–Trinajstić information content (AvgIpc) is 2.60. The van der Waals surface area contributed by atoms with Gasteiger partial charge < -0.3 is 9.47 Å². The smallest absolute Gasteiger partial charge is 0.419 e. The summed E-state index contributed by atoms with van der Waals surface area (Å²) in [6.07, 6.45) is -0.224. The van der Waals surface area contributed by atoms with E-state index in [-0.39, 0.29) is 6.61 Å². The van der Waals surface area contributed by atoms with Crippen molar-refractivity contribution in [3.8, 4) is 5.75 Å². The number of benzene rings is 2. The van der Waals surface area contributed by atoms with Crippen molar-refractivity contribution in [1.29, 1.82) is 0 Å². The zero-order valence-corrected chi connectivity index (χ0v) is 14.4. The molecule has 0 aliphatic rings. The highest BCUT2D eigenvalue weighted by Gasteiger charge is 2.17. The fourth-order valence-corrected chi connectivity index (χ4v) is 2.24. The number of hydrogen-bond donors (Lipinski definition) is 1. The molecule has 0 bridgehead atoms. The zero-order chi connectivity index (χ0) is 18.1. The Morgan fingerprint density at radius 2 is 1.80 bits per heavy atom. The Balaban J connectivity index is 2.09. The van der Waals surface area contributed by atoms with E-state index < -0.39 is 12.2 Å². The first-order chi connectivity index (χ1) is 12.1. The largest absolute Gasteiger partial charge is 0.450 e. The minimum absolute atomic E-state index is 0.281. The van der Waals surface area contributed by atoms with Crippen molar-refractivity contribution in [2.45, 2.75) is 20.3 Å². The van der Waals surface area contributed by atoms with Gasteiger partial charge in [0.2, 0.25) is 0 Å². The van der Waals surface area contributed by atoms with E-state index >= 15 is 0 Å². The summed E-state index contributed by atoms with van der Waals surface area (Å²) in [7, 11) is 0. The van der Waals surface area contributed by atoms with Gasteiger partial charge in [-0.25, -0.2) is 9.59 Å². The zero-order valence-electron chi connectivity index (χ0n) is 14.4. The quantitative estimate of drug-likeness (QED) is 0.828. The van der Waals surface area contributed by atoms with Crippen molar-refractivity contribution >= 4 is 23.6 Å². The molecule has 25 heavy (non-hydrogen) atoms. The number of nitrogens with zero attached hydrogens (tertiary/aromatic N) is 1. The van der Waals surface area contributed by atoms with E-state index in [0.717, 1.165) is 12.1 Å². The lowest BCUT2D eigenvalue weighted by Crippen LogP contribution is -2.34. The number of carbonyl (C=O) groups is 2. The molecule has 0 saturated carbocycles. The van der Waals surface area contributed by atoms with Crippen LogP contribution in [0.2, 0.25) is 0 Å². The van der Waals surface area contributed by atoms with Crippen LogP contribution in [0, 0.1) is 0 Å². The second-order valence-corrected chi connectivity index (χ2v) is 5.23. The third-order valence-corrected chi connectivity index (χ3v) is 3.30. The molecule has 0 atom stereocenters. The third-order valence-electron chi connectivity index (χ3n) is 3.30. The standard InChI is InChI=1S/C19H22N2O4/c1-3-13-21(16-10-6-5-7-11-16)19(23)25-17-12-8-9-15(14-17)20-18(22)24-4-2/h5-12,14H,3-4,13H2,1-2H3,(H,20,22). The van der Waals surface area contributed by atoms with Crippen molar-refractivity contribution in [2.75, 3.05) is 23.4 Å². The molecular weight excluding hydrogens is 320 g/mol. The lowest BCUT2D eigenvalue weighted by Gasteiger charge is -2.21. The van der Waals surface area contributed by atoms with Crippen molar-refractivity contribution < 1.29 is 19.1 Å². The van der Waals surface area contributed by atoms with Crippen LogP contribution in [0.25, 0.3) is 0 Å². The number of nitrogens with one attached hydrogen (secondary N) is 1. The molecule has 2 aromatic rings. The van der Waals surface area contributed by atoms with Gasteiger partial charge in [0, 0.05) is 24.0 Å². The molecule has 2 rings (SSSR count). The maximum Gasteiger partial charge on any atom is 0.419 e. The van der Waals surface area contributed by atoms with Gasteiger partial charge in [-0.05, 0) is 37.6 Å². The topological polar surface area (TPSA) is 67.9 Å². The highest BCUT2D eigenvalue weighted by atomic mass is 16.6. The van der Waals surface area contributed by atoms with Crippen molar-refractivity contribution in [1.82, 2.24) is 0 Å². The number of hydrogen-bond acceptors (Lipinski definition) is 4. The third kappa shape index (κ3) is 5.53. The van der Waals surface area contributed by atoms with E-state index in [0.29, 0.717) is 18.0 Å². The van der Waals surface area contributed by atoms with Crippen LogP contribution in [0.3, 0.4) is 0 Å². The number of anilines is 2. The van der Waals surface area contributed by atoms with Crippen LogP contribution in [0.5, 0.6) is 5.75 Å². The summed E-state index contributed by atoms with van der Waals surface area (Å²) in [4.78, 5) is 25.6. The first-order valence-electron chi connectivity index (χ1n) is 8.22. The van der Waals surface area contributed by atoms with Crippen LogP contribution in [-0.2, 0) is 4.74 Å². The van der Waals surface area contributed by atoms with Crippen LogP contribution >= 0.6 is 0 Å². The summed E-state index contributed by atoms with van der Waals surface area (Å²) in [5.74, 6) is 0.344. The summed E-state index contributed by atoms with van der Waals surface area (Å²) in [5.41, 5.74) is 1.26. The molecule has 6 nitrogen and oxygen atoms in total. The first-order valence-corrected chi connectivity index (χ1v) is 8.22. The van der Waals surface area contributed by atoms with E-state index in [1.54, 1.807) is 36.1 Å². The first kappa shape index (κ1) is 18.3. The van der Waals surface area contributed by atoms with Gasteiger partial charge in [-0.15, -0.1) is 0 Å². The maximum absolute atomic E-state index is 12.5. The Morgan fingerprint density at radius 1 is 1.04 bits per heavy atom. The number of para-hydroxylation sites is 1. The second-order valence-electron chi connectivity index (χ2n) is 5.23. The summed E-state index contributed by atoms with van der Waals surface area (Å²) >= 11 is 0. The van der Waals surface area contributed by atoms with Gasteiger partial charge in [-0.3, -0.25) is 10.2 Å². The van der Waals surface area contributed by atoms with Gasteiger partial charge in [0.25, 0.3) is 0 Å². The number of ether oxygens (including phenoxy) is 2. The SMILES string of the molecule is CCCN(C(=O)Oc1cccc(NC(=O)OCC)c1)c1ccccc1. The lowest BCUT2D eigenvalue weighted by atomic mass is 10.3. The molecule has 0 saturated heterocycles. The molecule has 0 unspecified atom stereocenters. The number of carbonyl (C=O) groups excluding carboxylic acids is 2. The fraction of sp³-hybridized carbons (Fsp3) is 0.263. The van der Waals surface area contributed by atoms with E-state index in [9.17, 15) is 9.59 Å². The van der Waals surface area contributed by atoms with Gasteiger partial charge in [-0.1, -0.05) is 31.2 Å². The summed E-state index contributed by atoms with van der Waals surface area (Å²) < 4.78 is 10.3. The molecule has 2 aromatic carbocycles. The van der Waals surface area contributed by atoms with E-state index in [1.165, 1.54) is 0 Å². The Kier molecular flexibility index (Phi) is 6.83. The van der Waals surface area contributed by atoms with Gasteiger partial charge in [0.15, 0.2) is 0 Å². The normalized spacial score (nSPS) is 10.0. The fourth-order valence-electron chi connectivity index (χ4n) is 2.24. The predicted molar refractivity (Wildman–Crippen MR) is 97.2 cm³/mol. The van der Waals surface area contributed by atoms with E-state index in [1.807, 2.05) is 37.3 Å². The molecule has 2 amide bonds. The molecule has 0 fully saturated rings. The molecule has 0 aromatic heterocycles. The van der Waals surface area contributed by atoms with Gasteiger partial charge in [0.05, 0.1) is 6.61 Å². The van der Waals surface area contributed by atoms with E-state index in [2.05, 4.69) is 5.32 Å². The molecular formula is C19H22N2O4. The molecule has 0 aliphatic heterocycles. The van der Waals surface area contributed by atoms with Crippen LogP contribution in [0.4, 0.5) is 21.0 Å². The monoisotopic (exact) mass is 342 g/mol. The number of amides is 2. The van der Waals surface area contributed by atoms with Gasteiger partial charge in [-0.2, -0.15) is 0 Å². The highest BCUT2D eigenvalue weighted by Crippen LogP contribution is 2.21. The number of rotatable bonds is 6. The Labute approximate surface area is 147 Å². The van der Waals surface area contributed by atoms with Crippen molar-refractivity contribution in [2.24, 2.45) is 0 Å². The summed E-state index contributed by atoms with van der Waals surface area (Å²) in [6, 6.07) is 16.0. The van der Waals surface area contributed by atoms with Crippen LogP contribution < -0.4 is 15.0 Å². The minimum Gasteiger partial charge on any atom is -0.450 e.